The average molecular weight is 200 g/mol. The number of hydrogen-bond acceptors (Lipinski definition) is 1. The zero-order valence-electron chi connectivity index (χ0n) is 9.12. The standard InChI is InChI=1S/C14H16O/c1-11-6-2-3-7-12(11)10-13-8-4-5-9-14(13)15/h2-3,6-7,10H,4-5,8-9H2,1H3/b13-10-. The van der Waals surface area contributed by atoms with Gasteiger partial charge in [0.15, 0.2) is 5.78 Å². The van der Waals surface area contributed by atoms with Gasteiger partial charge in [0, 0.05) is 6.42 Å². The van der Waals surface area contributed by atoms with Crippen LogP contribution in [0.25, 0.3) is 6.08 Å². The number of rotatable bonds is 1. The summed E-state index contributed by atoms with van der Waals surface area (Å²) in [4.78, 5) is 11.6. The summed E-state index contributed by atoms with van der Waals surface area (Å²) in [6.45, 7) is 2.08. The third kappa shape index (κ3) is 2.35. The summed E-state index contributed by atoms with van der Waals surface area (Å²) in [5.74, 6) is 0.338. The highest BCUT2D eigenvalue weighted by atomic mass is 16.1. The van der Waals surface area contributed by atoms with Crippen molar-refractivity contribution in [2.24, 2.45) is 0 Å². The van der Waals surface area contributed by atoms with Crippen LogP contribution >= 0.6 is 0 Å². The molecule has 0 amide bonds. The monoisotopic (exact) mass is 200 g/mol. The SMILES string of the molecule is Cc1ccccc1/C=C1/CCCCC1=O. The fraction of sp³-hybridized carbons (Fsp3) is 0.357. The molecule has 1 aliphatic carbocycles. The molecule has 0 aromatic heterocycles. The van der Waals surface area contributed by atoms with Gasteiger partial charge in [0.2, 0.25) is 0 Å². The normalized spacial score (nSPS) is 19.5. The van der Waals surface area contributed by atoms with E-state index >= 15 is 0 Å². The lowest BCUT2D eigenvalue weighted by Gasteiger charge is -2.12. The Balaban J connectivity index is 2.29. The average Bonchev–Trinajstić information content (AvgIpc) is 2.24. The van der Waals surface area contributed by atoms with E-state index in [0.717, 1.165) is 31.3 Å². The van der Waals surface area contributed by atoms with Crippen molar-refractivity contribution in [1.29, 1.82) is 0 Å². The van der Waals surface area contributed by atoms with Crippen molar-refractivity contribution >= 4 is 11.9 Å². The summed E-state index contributed by atoms with van der Waals surface area (Å²) in [6, 6.07) is 8.21. The molecule has 1 fully saturated rings. The molecule has 1 saturated carbocycles. The number of carbonyl (C=O) groups excluding carboxylic acids is 1. The molecule has 0 spiro atoms. The van der Waals surface area contributed by atoms with Gasteiger partial charge in [-0.25, -0.2) is 0 Å². The van der Waals surface area contributed by atoms with E-state index in [4.69, 9.17) is 0 Å². The summed E-state index contributed by atoms with van der Waals surface area (Å²) in [5.41, 5.74) is 3.43. The molecular formula is C14H16O. The minimum Gasteiger partial charge on any atom is -0.295 e. The van der Waals surface area contributed by atoms with E-state index in [1.54, 1.807) is 0 Å². The van der Waals surface area contributed by atoms with E-state index in [1.807, 2.05) is 12.1 Å². The molecule has 78 valence electrons. The van der Waals surface area contributed by atoms with E-state index in [-0.39, 0.29) is 0 Å². The van der Waals surface area contributed by atoms with Crippen molar-refractivity contribution in [2.45, 2.75) is 32.6 Å². The second-order valence-corrected chi connectivity index (χ2v) is 4.16. The van der Waals surface area contributed by atoms with Crippen LogP contribution in [-0.2, 0) is 4.79 Å². The molecule has 0 bridgehead atoms. The van der Waals surface area contributed by atoms with Gasteiger partial charge in [0.1, 0.15) is 0 Å². The highest BCUT2D eigenvalue weighted by molar-refractivity contribution is 6.00. The summed E-state index contributed by atoms with van der Waals surface area (Å²) in [6.07, 6.45) is 5.97. The largest absolute Gasteiger partial charge is 0.295 e. The topological polar surface area (TPSA) is 17.1 Å². The van der Waals surface area contributed by atoms with Gasteiger partial charge in [0.25, 0.3) is 0 Å². The van der Waals surface area contributed by atoms with Crippen molar-refractivity contribution < 1.29 is 4.79 Å². The fourth-order valence-corrected chi connectivity index (χ4v) is 1.99. The van der Waals surface area contributed by atoms with Crippen molar-refractivity contribution in [1.82, 2.24) is 0 Å². The van der Waals surface area contributed by atoms with Crippen LogP contribution < -0.4 is 0 Å². The lowest BCUT2D eigenvalue weighted by molar-refractivity contribution is -0.116. The molecule has 0 heterocycles. The van der Waals surface area contributed by atoms with Crippen molar-refractivity contribution in [3.05, 3.63) is 41.0 Å². The molecule has 0 aliphatic heterocycles. The molecule has 0 unspecified atom stereocenters. The van der Waals surface area contributed by atoms with E-state index in [1.165, 1.54) is 11.1 Å². The maximum absolute atomic E-state index is 11.6. The first-order chi connectivity index (χ1) is 7.27. The number of Topliss-reactive ketones (excluding diaryl/α,β-unsaturated/α-hetero) is 1. The van der Waals surface area contributed by atoms with Crippen molar-refractivity contribution in [3.63, 3.8) is 0 Å². The molecule has 1 nitrogen and oxygen atoms in total. The summed E-state index contributed by atoms with van der Waals surface area (Å²) >= 11 is 0. The first-order valence-electron chi connectivity index (χ1n) is 5.57. The maximum atomic E-state index is 11.6. The minimum absolute atomic E-state index is 0.338. The molecule has 0 N–H and O–H groups in total. The van der Waals surface area contributed by atoms with Crippen LogP contribution in [0.1, 0.15) is 36.8 Å². The Morgan fingerprint density at radius 3 is 2.60 bits per heavy atom. The highest BCUT2D eigenvalue weighted by Crippen LogP contribution is 2.23. The van der Waals surface area contributed by atoms with Gasteiger partial charge >= 0.3 is 0 Å². The summed E-state index contributed by atoms with van der Waals surface area (Å²) in [7, 11) is 0. The zero-order valence-corrected chi connectivity index (χ0v) is 9.12. The molecule has 1 aromatic rings. The molecule has 1 aromatic carbocycles. The van der Waals surface area contributed by atoms with Gasteiger partial charge < -0.3 is 0 Å². The Bertz CT molecular complexity index is 402. The van der Waals surface area contributed by atoms with Crippen LogP contribution in [0.4, 0.5) is 0 Å². The smallest absolute Gasteiger partial charge is 0.158 e. The third-order valence-corrected chi connectivity index (χ3v) is 2.98. The van der Waals surface area contributed by atoms with Gasteiger partial charge in [-0.3, -0.25) is 4.79 Å². The predicted octanol–water partition coefficient (Wildman–Crippen LogP) is 3.52. The lowest BCUT2D eigenvalue weighted by Crippen LogP contribution is -2.08. The number of benzene rings is 1. The second kappa shape index (κ2) is 4.43. The Hall–Kier alpha value is -1.37. The Labute approximate surface area is 90.8 Å². The first kappa shape index (κ1) is 10.2. The predicted molar refractivity (Wildman–Crippen MR) is 62.6 cm³/mol. The Morgan fingerprint density at radius 1 is 1.13 bits per heavy atom. The molecule has 1 heteroatoms. The lowest BCUT2D eigenvalue weighted by atomic mass is 9.91. The van der Waals surface area contributed by atoms with Crippen molar-refractivity contribution in [2.75, 3.05) is 0 Å². The van der Waals surface area contributed by atoms with Crippen LogP contribution in [0.15, 0.2) is 29.8 Å². The van der Waals surface area contributed by atoms with E-state index in [0.29, 0.717) is 5.78 Å². The van der Waals surface area contributed by atoms with Crippen LogP contribution in [0.3, 0.4) is 0 Å². The maximum Gasteiger partial charge on any atom is 0.158 e. The third-order valence-electron chi connectivity index (χ3n) is 2.98. The van der Waals surface area contributed by atoms with E-state index in [2.05, 4.69) is 25.1 Å². The Morgan fingerprint density at radius 2 is 1.87 bits per heavy atom. The van der Waals surface area contributed by atoms with Crippen LogP contribution in [-0.4, -0.2) is 5.78 Å². The molecule has 2 rings (SSSR count). The van der Waals surface area contributed by atoms with Crippen LogP contribution in [0.2, 0.25) is 0 Å². The van der Waals surface area contributed by atoms with E-state index < -0.39 is 0 Å². The number of carbonyl (C=O) groups is 1. The van der Waals surface area contributed by atoms with Gasteiger partial charge in [-0.15, -0.1) is 0 Å². The number of hydrogen-bond donors (Lipinski definition) is 0. The molecule has 1 aliphatic rings. The van der Waals surface area contributed by atoms with Crippen LogP contribution in [0.5, 0.6) is 0 Å². The summed E-state index contributed by atoms with van der Waals surface area (Å²) < 4.78 is 0. The molecule has 0 radical (unpaired) electrons. The second-order valence-electron chi connectivity index (χ2n) is 4.16. The van der Waals surface area contributed by atoms with Gasteiger partial charge in [0.05, 0.1) is 0 Å². The van der Waals surface area contributed by atoms with Gasteiger partial charge in [-0.2, -0.15) is 0 Å². The number of aryl methyl sites for hydroxylation is 1. The van der Waals surface area contributed by atoms with E-state index in [9.17, 15) is 4.79 Å². The van der Waals surface area contributed by atoms with Crippen molar-refractivity contribution in [3.8, 4) is 0 Å². The molecule has 0 saturated heterocycles. The fourth-order valence-electron chi connectivity index (χ4n) is 1.99. The zero-order chi connectivity index (χ0) is 10.7. The quantitative estimate of drug-likeness (QED) is 0.634. The minimum atomic E-state index is 0.338. The number of allylic oxidation sites excluding steroid dienone is 1. The molecular weight excluding hydrogens is 184 g/mol. The highest BCUT2D eigenvalue weighted by Gasteiger charge is 2.14. The molecule has 15 heavy (non-hydrogen) atoms. The number of ketones is 1. The Kier molecular flexibility index (Phi) is 3.00. The first-order valence-corrected chi connectivity index (χ1v) is 5.57. The van der Waals surface area contributed by atoms with Gasteiger partial charge in [-0.1, -0.05) is 24.3 Å². The summed E-state index contributed by atoms with van der Waals surface area (Å²) in [5, 5.41) is 0. The van der Waals surface area contributed by atoms with Crippen LogP contribution in [0, 0.1) is 6.92 Å². The molecule has 0 atom stereocenters. The van der Waals surface area contributed by atoms with Gasteiger partial charge in [-0.05, 0) is 49.0 Å².